The van der Waals surface area contributed by atoms with E-state index in [2.05, 4.69) is 10.3 Å². The van der Waals surface area contributed by atoms with Crippen LogP contribution in [0.4, 0.5) is 0 Å². The first kappa shape index (κ1) is 14.2. The molecule has 0 unspecified atom stereocenters. The molecule has 0 saturated carbocycles. The largest absolute Gasteiger partial charge is 0.481 e. The fourth-order valence-electron chi connectivity index (χ4n) is 2.62. The Morgan fingerprint density at radius 3 is 2.82 bits per heavy atom. The minimum absolute atomic E-state index is 0.160. The van der Waals surface area contributed by atoms with E-state index in [1.54, 1.807) is 47.1 Å². The van der Waals surface area contributed by atoms with Crippen LogP contribution in [0.25, 0.3) is 5.69 Å². The maximum atomic E-state index is 12.6. The third kappa shape index (κ3) is 2.45. The predicted molar refractivity (Wildman–Crippen MR) is 77.6 cm³/mol. The lowest BCUT2D eigenvalue weighted by atomic mass is 9.90. The molecule has 1 amide bonds. The first-order valence-corrected chi connectivity index (χ1v) is 6.99. The molecule has 0 aliphatic carbocycles. The summed E-state index contributed by atoms with van der Waals surface area (Å²) >= 11 is 0. The molecule has 7 heteroatoms. The number of carboxylic acids is 1. The van der Waals surface area contributed by atoms with Crippen molar-refractivity contribution < 1.29 is 14.7 Å². The number of nitrogens with zero attached hydrogens (tertiary/aromatic N) is 4. The molecule has 0 radical (unpaired) electrons. The summed E-state index contributed by atoms with van der Waals surface area (Å²) < 4.78 is 1.57. The van der Waals surface area contributed by atoms with Gasteiger partial charge in [0, 0.05) is 18.7 Å². The van der Waals surface area contributed by atoms with Crippen LogP contribution in [0.5, 0.6) is 0 Å². The molecule has 1 aliphatic rings. The van der Waals surface area contributed by atoms with E-state index in [1.165, 1.54) is 0 Å². The van der Waals surface area contributed by atoms with Crippen molar-refractivity contribution in [3.8, 4) is 5.69 Å². The Kier molecular flexibility index (Phi) is 3.40. The summed E-state index contributed by atoms with van der Waals surface area (Å²) in [5.41, 5.74) is 0.394. The monoisotopic (exact) mass is 300 g/mol. The summed E-state index contributed by atoms with van der Waals surface area (Å²) in [5, 5.41) is 16.9. The minimum atomic E-state index is -0.862. The molecule has 1 N–H and O–H groups in total. The lowest BCUT2D eigenvalue weighted by Crippen LogP contribution is -2.34. The molecule has 22 heavy (non-hydrogen) atoms. The van der Waals surface area contributed by atoms with Crippen LogP contribution in [0.15, 0.2) is 36.7 Å². The Morgan fingerprint density at radius 1 is 1.36 bits per heavy atom. The molecule has 1 fully saturated rings. The van der Waals surface area contributed by atoms with Crippen molar-refractivity contribution in [2.24, 2.45) is 5.41 Å². The van der Waals surface area contributed by atoms with Crippen LogP contribution in [-0.2, 0) is 4.79 Å². The van der Waals surface area contributed by atoms with Gasteiger partial charge in [-0.1, -0.05) is 11.3 Å². The molecule has 0 bridgehead atoms. The molecule has 114 valence electrons. The smallest absolute Gasteiger partial charge is 0.311 e. The molecule has 2 heterocycles. The van der Waals surface area contributed by atoms with Gasteiger partial charge >= 0.3 is 5.97 Å². The van der Waals surface area contributed by atoms with E-state index in [0.717, 1.165) is 5.69 Å². The number of carbonyl (C=O) groups is 2. The standard InChI is InChI=1S/C15H16N4O3/c1-15(14(21)22)5-7-18(10-15)13(20)11-3-2-4-12(9-11)19-8-6-16-17-19/h2-4,6,8-9H,5,7,10H2,1H3,(H,21,22)/t15-/m1/s1. The maximum Gasteiger partial charge on any atom is 0.311 e. The first-order valence-electron chi connectivity index (χ1n) is 6.99. The first-order chi connectivity index (χ1) is 10.5. The highest BCUT2D eigenvalue weighted by Gasteiger charge is 2.42. The van der Waals surface area contributed by atoms with Crippen LogP contribution in [-0.4, -0.2) is 50.0 Å². The van der Waals surface area contributed by atoms with E-state index in [1.807, 2.05) is 6.07 Å². The second kappa shape index (κ2) is 5.25. The number of aromatic nitrogens is 3. The molecule has 7 nitrogen and oxygen atoms in total. The summed E-state index contributed by atoms with van der Waals surface area (Å²) in [4.78, 5) is 25.4. The molecule has 0 spiro atoms. The van der Waals surface area contributed by atoms with E-state index >= 15 is 0 Å². The van der Waals surface area contributed by atoms with Gasteiger partial charge in [-0.2, -0.15) is 0 Å². The topological polar surface area (TPSA) is 88.3 Å². The SMILES string of the molecule is C[C@@]1(C(=O)O)CCN(C(=O)c2cccc(-n3ccnn3)c2)C1. The molecular weight excluding hydrogens is 284 g/mol. The minimum Gasteiger partial charge on any atom is -0.481 e. The summed E-state index contributed by atoms with van der Waals surface area (Å²) in [5.74, 6) is -1.02. The lowest BCUT2D eigenvalue weighted by Gasteiger charge is -2.20. The van der Waals surface area contributed by atoms with Gasteiger partial charge in [-0.15, -0.1) is 5.10 Å². The number of carbonyl (C=O) groups excluding carboxylic acids is 1. The van der Waals surface area contributed by atoms with E-state index in [0.29, 0.717) is 18.5 Å². The van der Waals surface area contributed by atoms with Gasteiger partial charge < -0.3 is 10.0 Å². The molecular formula is C15H16N4O3. The number of hydrogen-bond acceptors (Lipinski definition) is 4. The highest BCUT2D eigenvalue weighted by atomic mass is 16.4. The second-order valence-corrected chi connectivity index (χ2v) is 5.74. The molecule has 1 aliphatic heterocycles. The van der Waals surface area contributed by atoms with Gasteiger partial charge in [-0.3, -0.25) is 9.59 Å². The van der Waals surface area contributed by atoms with Gasteiger partial charge in [0.1, 0.15) is 0 Å². The third-order valence-electron chi connectivity index (χ3n) is 4.06. The summed E-state index contributed by atoms with van der Waals surface area (Å²) in [6.45, 7) is 2.36. The fourth-order valence-corrected chi connectivity index (χ4v) is 2.62. The lowest BCUT2D eigenvalue weighted by molar-refractivity contribution is -0.147. The zero-order chi connectivity index (χ0) is 15.7. The van der Waals surface area contributed by atoms with Crippen molar-refractivity contribution >= 4 is 11.9 Å². The number of aliphatic carboxylic acids is 1. The van der Waals surface area contributed by atoms with Crippen molar-refractivity contribution in [3.05, 3.63) is 42.2 Å². The normalized spacial score (nSPS) is 21.0. The van der Waals surface area contributed by atoms with Crippen molar-refractivity contribution in [3.63, 3.8) is 0 Å². The average Bonchev–Trinajstić information content (AvgIpc) is 3.17. The van der Waals surface area contributed by atoms with Crippen molar-refractivity contribution in [1.82, 2.24) is 19.9 Å². The van der Waals surface area contributed by atoms with Crippen molar-refractivity contribution in [2.45, 2.75) is 13.3 Å². The Hall–Kier alpha value is -2.70. The summed E-state index contributed by atoms with van der Waals surface area (Å²) in [6.07, 6.45) is 3.73. The number of carboxylic acid groups (broad SMARTS) is 1. The fraction of sp³-hybridized carbons (Fsp3) is 0.333. The Bertz CT molecular complexity index is 713. The number of amides is 1. The van der Waals surface area contributed by atoms with E-state index in [-0.39, 0.29) is 12.5 Å². The van der Waals surface area contributed by atoms with Crippen LogP contribution in [0.1, 0.15) is 23.7 Å². The molecule has 3 rings (SSSR count). The van der Waals surface area contributed by atoms with Crippen molar-refractivity contribution in [1.29, 1.82) is 0 Å². The van der Waals surface area contributed by atoms with Crippen molar-refractivity contribution in [2.75, 3.05) is 13.1 Å². The van der Waals surface area contributed by atoms with Gasteiger partial charge in [-0.25, -0.2) is 4.68 Å². The van der Waals surface area contributed by atoms with Gasteiger partial charge in [-0.05, 0) is 31.5 Å². The highest BCUT2D eigenvalue weighted by Crippen LogP contribution is 2.31. The van der Waals surface area contributed by atoms with Gasteiger partial charge in [0.05, 0.1) is 23.5 Å². The van der Waals surface area contributed by atoms with Crippen LogP contribution in [0.3, 0.4) is 0 Å². The maximum absolute atomic E-state index is 12.6. The molecule has 1 saturated heterocycles. The zero-order valence-corrected chi connectivity index (χ0v) is 12.1. The zero-order valence-electron chi connectivity index (χ0n) is 12.1. The van der Waals surface area contributed by atoms with Gasteiger partial charge in [0.25, 0.3) is 5.91 Å². The number of benzene rings is 1. The summed E-state index contributed by atoms with van der Waals surface area (Å²) in [6, 6.07) is 7.06. The highest BCUT2D eigenvalue weighted by molar-refractivity contribution is 5.95. The Morgan fingerprint density at radius 2 is 2.18 bits per heavy atom. The van der Waals surface area contributed by atoms with E-state index < -0.39 is 11.4 Å². The number of likely N-dealkylation sites (tertiary alicyclic amines) is 1. The van der Waals surface area contributed by atoms with E-state index in [9.17, 15) is 14.7 Å². The Labute approximate surface area is 127 Å². The molecule has 1 atom stereocenters. The number of hydrogen-bond donors (Lipinski definition) is 1. The third-order valence-corrected chi connectivity index (χ3v) is 4.06. The van der Waals surface area contributed by atoms with Gasteiger partial charge in [0.15, 0.2) is 0 Å². The van der Waals surface area contributed by atoms with Crippen LogP contribution in [0.2, 0.25) is 0 Å². The van der Waals surface area contributed by atoms with Crippen LogP contribution >= 0.6 is 0 Å². The predicted octanol–water partition coefficient (Wildman–Crippen LogP) is 1.20. The molecule has 2 aromatic rings. The van der Waals surface area contributed by atoms with E-state index in [4.69, 9.17) is 0 Å². The molecule has 1 aromatic carbocycles. The molecule has 1 aromatic heterocycles. The van der Waals surface area contributed by atoms with Crippen LogP contribution < -0.4 is 0 Å². The second-order valence-electron chi connectivity index (χ2n) is 5.74. The number of rotatable bonds is 3. The van der Waals surface area contributed by atoms with Crippen LogP contribution in [0, 0.1) is 5.41 Å². The Balaban J connectivity index is 1.82. The average molecular weight is 300 g/mol. The quantitative estimate of drug-likeness (QED) is 0.920. The van der Waals surface area contributed by atoms with Gasteiger partial charge in [0.2, 0.25) is 0 Å². The summed E-state index contributed by atoms with van der Waals surface area (Å²) in [7, 11) is 0.